The molecule has 7 atom stereocenters. The molecular weight excluding hydrogens is 947 g/mol. The van der Waals surface area contributed by atoms with Gasteiger partial charge in [0.25, 0.3) is 0 Å². The zero-order valence-electron chi connectivity index (χ0n) is 47.7. The van der Waals surface area contributed by atoms with Crippen molar-refractivity contribution in [3.8, 4) is 0 Å². The highest BCUT2D eigenvalue weighted by Crippen LogP contribution is 2.23. The normalized spacial score (nSPS) is 19.9. The van der Waals surface area contributed by atoms with Crippen molar-refractivity contribution < 1.29 is 39.8 Å². The first-order valence-corrected chi connectivity index (χ1v) is 30.1. The van der Waals surface area contributed by atoms with Crippen molar-refractivity contribution in [3.63, 3.8) is 0 Å². The van der Waals surface area contributed by atoms with Crippen LogP contribution < -0.4 is 5.32 Å². The lowest BCUT2D eigenvalue weighted by molar-refractivity contribution is -0.302. The second-order valence-corrected chi connectivity index (χ2v) is 20.1. The van der Waals surface area contributed by atoms with Crippen LogP contribution in [0.4, 0.5) is 0 Å². The molecule has 430 valence electrons. The number of aliphatic hydroxyl groups excluding tert-OH is 5. The first kappa shape index (κ1) is 70.1. The van der Waals surface area contributed by atoms with E-state index in [0.29, 0.717) is 12.8 Å². The van der Waals surface area contributed by atoms with Crippen LogP contribution in [-0.2, 0) is 14.3 Å². The first-order valence-electron chi connectivity index (χ1n) is 30.1. The van der Waals surface area contributed by atoms with Crippen molar-refractivity contribution in [2.45, 2.75) is 256 Å². The molecule has 0 aromatic carbocycles. The molecule has 1 aliphatic heterocycles. The Morgan fingerprint density at radius 2 is 0.816 bits per heavy atom. The number of hydrogen-bond donors (Lipinski definition) is 6. The molecule has 76 heavy (non-hydrogen) atoms. The number of amides is 1. The van der Waals surface area contributed by atoms with Gasteiger partial charge in [-0.2, -0.15) is 0 Å². The van der Waals surface area contributed by atoms with Gasteiger partial charge >= 0.3 is 0 Å². The summed E-state index contributed by atoms with van der Waals surface area (Å²) < 4.78 is 11.2. The van der Waals surface area contributed by atoms with Gasteiger partial charge in [-0.05, 0) is 103 Å². The molecule has 0 bridgehead atoms. The molecule has 6 N–H and O–H groups in total. The van der Waals surface area contributed by atoms with Crippen molar-refractivity contribution in [2.24, 2.45) is 0 Å². The van der Waals surface area contributed by atoms with E-state index in [0.717, 1.165) is 109 Å². The maximum absolute atomic E-state index is 13.0. The number of aliphatic hydroxyl groups is 5. The third-order valence-corrected chi connectivity index (χ3v) is 13.2. The summed E-state index contributed by atoms with van der Waals surface area (Å²) >= 11 is 0. The predicted molar refractivity (Wildman–Crippen MR) is 322 cm³/mol. The van der Waals surface area contributed by atoms with E-state index in [2.05, 4.69) is 153 Å². The van der Waals surface area contributed by atoms with Crippen molar-refractivity contribution in [2.75, 3.05) is 13.2 Å². The molecule has 7 unspecified atom stereocenters. The lowest BCUT2D eigenvalue weighted by Gasteiger charge is -2.40. The van der Waals surface area contributed by atoms with Crippen LogP contribution in [0.25, 0.3) is 0 Å². The largest absolute Gasteiger partial charge is 0.394 e. The number of carbonyl (C=O) groups excluding carboxylic acids is 1. The summed E-state index contributed by atoms with van der Waals surface area (Å²) in [6, 6.07) is -0.834. The van der Waals surface area contributed by atoms with Crippen LogP contribution in [0, 0.1) is 0 Å². The summed E-state index contributed by atoms with van der Waals surface area (Å²) in [4.78, 5) is 13.0. The molecule has 0 aromatic heterocycles. The zero-order valence-corrected chi connectivity index (χ0v) is 47.7. The van der Waals surface area contributed by atoms with E-state index in [-0.39, 0.29) is 12.5 Å². The molecule has 1 heterocycles. The number of allylic oxidation sites excluding steroid dienone is 23. The Labute approximate surface area is 463 Å². The Kier molecular flexibility index (Phi) is 50.2. The highest BCUT2D eigenvalue weighted by atomic mass is 16.7. The number of rotatable bonds is 49. The minimum atomic E-state index is -1.58. The van der Waals surface area contributed by atoms with Gasteiger partial charge in [0.2, 0.25) is 5.91 Å². The highest BCUT2D eigenvalue weighted by molar-refractivity contribution is 5.76. The quantitative estimate of drug-likeness (QED) is 0.0261. The van der Waals surface area contributed by atoms with Crippen LogP contribution in [0.1, 0.15) is 213 Å². The fraction of sp³-hybridized carbons (Fsp3) is 0.627. The average Bonchev–Trinajstić information content (AvgIpc) is 3.42. The van der Waals surface area contributed by atoms with Crippen LogP contribution in [0.3, 0.4) is 0 Å². The fourth-order valence-corrected chi connectivity index (χ4v) is 8.45. The van der Waals surface area contributed by atoms with Gasteiger partial charge in [-0.25, -0.2) is 0 Å². The van der Waals surface area contributed by atoms with Crippen molar-refractivity contribution in [1.82, 2.24) is 5.32 Å². The van der Waals surface area contributed by atoms with Gasteiger partial charge in [0.1, 0.15) is 24.4 Å². The summed E-state index contributed by atoms with van der Waals surface area (Å²) in [5.41, 5.74) is 0. The molecular formula is C67H109NO8. The summed E-state index contributed by atoms with van der Waals surface area (Å²) in [5, 5.41) is 54.5. The molecule has 1 saturated heterocycles. The first-order chi connectivity index (χ1) is 37.3. The lowest BCUT2D eigenvalue weighted by Crippen LogP contribution is -2.60. The summed E-state index contributed by atoms with van der Waals surface area (Å²) in [6.07, 6.45) is 77.7. The molecule has 0 spiro atoms. The Morgan fingerprint density at radius 3 is 1.21 bits per heavy atom. The van der Waals surface area contributed by atoms with Crippen LogP contribution in [0.2, 0.25) is 0 Å². The van der Waals surface area contributed by atoms with Gasteiger partial charge in [-0.3, -0.25) is 4.79 Å². The molecule has 1 aliphatic rings. The van der Waals surface area contributed by atoms with E-state index >= 15 is 0 Å². The second-order valence-electron chi connectivity index (χ2n) is 20.1. The summed E-state index contributed by atoms with van der Waals surface area (Å²) in [5.74, 6) is -0.215. The number of carbonyl (C=O) groups is 1. The Balaban J connectivity index is 2.24. The summed E-state index contributed by atoms with van der Waals surface area (Å²) in [6.45, 7) is 3.63. The molecule has 1 amide bonds. The van der Waals surface area contributed by atoms with Gasteiger partial charge in [0, 0.05) is 6.42 Å². The Bertz CT molecular complexity index is 1700. The number of unbranched alkanes of at least 4 members (excludes halogenated alkanes) is 17. The minimum Gasteiger partial charge on any atom is -0.394 e. The monoisotopic (exact) mass is 1060 g/mol. The van der Waals surface area contributed by atoms with Crippen LogP contribution >= 0.6 is 0 Å². The fourth-order valence-electron chi connectivity index (χ4n) is 8.45. The van der Waals surface area contributed by atoms with E-state index in [1.807, 2.05) is 6.08 Å². The standard InChI is InChI=1S/C67H109NO8/c1-3-5-7-9-11-13-15-17-19-21-22-23-24-25-26-27-28-29-30-31-32-33-34-35-36-37-38-39-40-41-43-45-47-49-51-53-55-57-63(71)68-60(59-75-67-66(74)65(73)64(72)62(58-69)76-67)61(70)56-54-52-50-48-46-44-42-20-18-16-14-12-10-8-6-4-2/h5,7,11,13,17,19,22-23,25-26,28-29,31-32,34-35,37-38,40-41,45,47,54,56,60-62,64-67,69-70,72-74H,3-4,6,8-10,12,14-16,18,20-21,24,27,30,33,36,39,42-44,46,48-53,55,57-59H2,1-2H3,(H,68,71)/b7-5-,13-11-,19-17-,23-22-,26-25-,29-28-,32-31-,35-34-,38-37-,41-40-,47-45-,56-54+. The highest BCUT2D eigenvalue weighted by Gasteiger charge is 2.44. The summed E-state index contributed by atoms with van der Waals surface area (Å²) in [7, 11) is 0. The van der Waals surface area contributed by atoms with Gasteiger partial charge in [0.05, 0.1) is 25.4 Å². The number of nitrogens with one attached hydrogen (secondary N) is 1. The van der Waals surface area contributed by atoms with Crippen LogP contribution in [-0.4, -0.2) is 87.5 Å². The minimum absolute atomic E-state index is 0.211. The molecule has 0 radical (unpaired) electrons. The Hall–Kier alpha value is -3.93. The van der Waals surface area contributed by atoms with Crippen molar-refractivity contribution >= 4 is 5.91 Å². The van der Waals surface area contributed by atoms with Crippen LogP contribution in [0.15, 0.2) is 146 Å². The second kappa shape index (κ2) is 54.4. The van der Waals surface area contributed by atoms with Crippen LogP contribution in [0.5, 0.6) is 0 Å². The van der Waals surface area contributed by atoms with E-state index in [4.69, 9.17) is 9.47 Å². The zero-order chi connectivity index (χ0) is 55.0. The van der Waals surface area contributed by atoms with E-state index in [9.17, 15) is 30.3 Å². The van der Waals surface area contributed by atoms with E-state index < -0.39 is 49.5 Å². The van der Waals surface area contributed by atoms with Gasteiger partial charge in [0.15, 0.2) is 6.29 Å². The van der Waals surface area contributed by atoms with E-state index in [1.54, 1.807) is 6.08 Å². The molecule has 1 rings (SSSR count). The van der Waals surface area contributed by atoms with Crippen molar-refractivity contribution in [1.29, 1.82) is 0 Å². The SMILES string of the molecule is CC/C=C\C/C=C\C/C=C\C/C=C\C/C=C\C/C=C\C/C=C\C/C=C\C/C=C\C/C=C\C/C=C\CCCCCC(=O)NC(COC1OC(CO)C(O)C(O)C1O)C(O)/C=C/CCCCCCCCCCCCCCCC. The maximum atomic E-state index is 13.0. The molecule has 0 aromatic rings. The maximum Gasteiger partial charge on any atom is 0.220 e. The van der Waals surface area contributed by atoms with Gasteiger partial charge in [-0.15, -0.1) is 0 Å². The van der Waals surface area contributed by atoms with Gasteiger partial charge in [-0.1, -0.05) is 250 Å². The topological polar surface area (TPSA) is 149 Å². The number of hydrogen-bond acceptors (Lipinski definition) is 8. The van der Waals surface area contributed by atoms with Gasteiger partial charge < -0.3 is 40.3 Å². The lowest BCUT2D eigenvalue weighted by atomic mass is 9.99. The number of ether oxygens (including phenoxy) is 2. The smallest absolute Gasteiger partial charge is 0.220 e. The molecule has 0 aliphatic carbocycles. The third-order valence-electron chi connectivity index (χ3n) is 13.2. The molecule has 0 saturated carbocycles. The average molecular weight is 1060 g/mol. The predicted octanol–water partition coefficient (Wildman–Crippen LogP) is 15.5. The third kappa shape index (κ3) is 43.1. The van der Waals surface area contributed by atoms with E-state index in [1.165, 1.54) is 77.0 Å². The molecule has 1 fully saturated rings. The Morgan fingerprint density at radius 1 is 0.461 bits per heavy atom. The molecule has 9 nitrogen and oxygen atoms in total. The van der Waals surface area contributed by atoms with Crippen molar-refractivity contribution in [3.05, 3.63) is 146 Å². The molecule has 9 heteroatoms.